The summed E-state index contributed by atoms with van der Waals surface area (Å²) in [6, 6.07) is 0. The molecule has 3 heterocycles. The smallest absolute Gasteiger partial charge is 0.313 e. The van der Waals surface area contributed by atoms with Crippen LogP contribution in [0.15, 0.2) is 19.0 Å². The lowest BCUT2D eigenvalue weighted by atomic mass is 9.75. The van der Waals surface area contributed by atoms with E-state index in [0.29, 0.717) is 26.2 Å². The molecule has 2 fully saturated rings. The molecule has 142 valence electrons. The molecule has 0 aromatic carbocycles. The monoisotopic (exact) mass is 361 g/mol. The number of hydrogen-bond acceptors (Lipinski definition) is 6. The van der Waals surface area contributed by atoms with E-state index in [-0.39, 0.29) is 23.6 Å². The highest BCUT2D eigenvalue weighted by molar-refractivity contribution is 5.90. The van der Waals surface area contributed by atoms with Crippen LogP contribution in [0.25, 0.3) is 0 Å². The minimum Gasteiger partial charge on any atom is -0.466 e. The van der Waals surface area contributed by atoms with Crippen molar-refractivity contribution in [3.05, 3.63) is 24.8 Å². The second-order valence-corrected chi connectivity index (χ2v) is 7.15. The third-order valence-electron chi connectivity index (χ3n) is 5.40. The molecular formula is C18H27N5O3. The molecule has 0 radical (unpaired) electrons. The van der Waals surface area contributed by atoms with Gasteiger partial charge in [0.1, 0.15) is 6.33 Å². The first kappa shape index (κ1) is 18.6. The van der Waals surface area contributed by atoms with Crippen LogP contribution in [0.2, 0.25) is 0 Å². The Morgan fingerprint density at radius 2 is 2.27 bits per heavy atom. The highest BCUT2D eigenvalue weighted by atomic mass is 16.5. The summed E-state index contributed by atoms with van der Waals surface area (Å²) in [4.78, 5) is 33.7. The predicted octanol–water partition coefficient (Wildman–Crippen LogP) is 0.718. The quantitative estimate of drug-likeness (QED) is 0.568. The Kier molecular flexibility index (Phi) is 5.41. The van der Waals surface area contributed by atoms with Crippen LogP contribution in [0.5, 0.6) is 0 Å². The Morgan fingerprint density at radius 1 is 1.46 bits per heavy atom. The molecule has 0 N–H and O–H groups in total. The highest BCUT2D eigenvalue weighted by Crippen LogP contribution is 2.43. The summed E-state index contributed by atoms with van der Waals surface area (Å²) in [5, 5.41) is 4.13. The summed E-state index contributed by atoms with van der Waals surface area (Å²) in [5.74, 6) is -0.0667. The molecule has 2 aliphatic heterocycles. The van der Waals surface area contributed by atoms with Gasteiger partial charge in [-0.3, -0.25) is 19.2 Å². The van der Waals surface area contributed by atoms with Crippen molar-refractivity contribution in [2.24, 2.45) is 18.4 Å². The van der Waals surface area contributed by atoms with Crippen molar-refractivity contribution in [1.29, 1.82) is 0 Å². The maximum absolute atomic E-state index is 12.8. The van der Waals surface area contributed by atoms with E-state index < -0.39 is 5.41 Å². The van der Waals surface area contributed by atoms with Crippen molar-refractivity contribution < 1.29 is 14.3 Å². The van der Waals surface area contributed by atoms with E-state index in [9.17, 15) is 9.59 Å². The molecule has 2 aliphatic rings. The molecule has 0 aliphatic carbocycles. The maximum atomic E-state index is 12.8. The molecule has 1 amide bonds. The number of esters is 1. The molecule has 0 unspecified atom stereocenters. The maximum Gasteiger partial charge on any atom is 0.313 e. The summed E-state index contributed by atoms with van der Waals surface area (Å²) in [6.07, 6.45) is 4.86. The Bertz CT molecular complexity index is 688. The summed E-state index contributed by atoms with van der Waals surface area (Å²) < 4.78 is 6.95. The summed E-state index contributed by atoms with van der Waals surface area (Å²) in [6.45, 7) is 9.28. The molecular weight excluding hydrogens is 334 g/mol. The van der Waals surface area contributed by atoms with E-state index in [2.05, 4.69) is 21.6 Å². The fourth-order valence-corrected chi connectivity index (χ4v) is 4.23. The van der Waals surface area contributed by atoms with Crippen LogP contribution in [-0.4, -0.2) is 75.8 Å². The number of carbonyl (C=O) groups excluding carboxylic acids is 2. The molecule has 0 spiro atoms. The lowest BCUT2D eigenvalue weighted by molar-refractivity contribution is -0.157. The topological polar surface area (TPSA) is 80.6 Å². The number of rotatable bonds is 5. The zero-order chi connectivity index (χ0) is 18.7. The minimum atomic E-state index is -0.550. The van der Waals surface area contributed by atoms with Gasteiger partial charge in [0.25, 0.3) is 5.91 Å². The normalized spacial score (nSPS) is 26.2. The van der Waals surface area contributed by atoms with Crippen LogP contribution in [0.1, 0.15) is 30.4 Å². The number of amides is 1. The van der Waals surface area contributed by atoms with E-state index >= 15 is 0 Å². The first-order chi connectivity index (χ1) is 12.5. The molecule has 3 rings (SSSR count). The molecule has 8 heteroatoms. The van der Waals surface area contributed by atoms with E-state index in [1.807, 2.05) is 13.0 Å². The molecule has 8 nitrogen and oxygen atoms in total. The largest absolute Gasteiger partial charge is 0.466 e. The molecule has 2 atom stereocenters. The van der Waals surface area contributed by atoms with Gasteiger partial charge in [0, 0.05) is 45.7 Å². The molecule has 0 saturated carbocycles. The molecule has 26 heavy (non-hydrogen) atoms. The van der Waals surface area contributed by atoms with E-state index in [0.717, 1.165) is 25.9 Å². The average Bonchev–Trinajstić information content (AvgIpc) is 3.14. The van der Waals surface area contributed by atoms with Gasteiger partial charge in [-0.25, -0.2) is 4.98 Å². The van der Waals surface area contributed by atoms with Crippen molar-refractivity contribution in [3.8, 4) is 0 Å². The Morgan fingerprint density at radius 3 is 2.92 bits per heavy atom. The molecule has 0 bridgehead atoms. The number of ether oxygens (including phenoxy) is 1. The molecule has 1 aromatic rings. The van der Waals surface area contributed by atoms with Crippen LogP contribution in [0, 0.1) is 11.3 Å². The van der Waals surface area contributed by atoms with Gasteiger partial charge in [-0.05, 0) is 19.8 Å². The Labute approximate surface area is 153 Å². The predicted molar refractivity (Wildman–Crippen MR) is 95.3 cm³/mol. The third-order valence-corrected chi connectivity index (χ3v) is 5.40. The summed E-state index contributed by atoms with van der Waals surface area (Å²) in [7, 11) is 1.74. The van der Waals surface area contributed by atoms with Gasteiger partial charge in [-0.15, -0.1) is 11.7 Å². The Balaban J connectivity index is 1.83. The third kappa shape index (κ3) is 3.38. The van der Waals surface area contributed by atoms with Crippen molar-refractivity contribution in [1.82, 2.24) is 24.6 Å². The fourth-order valence-electron chi connectivity index (χ4n) is 4.23. The summed E-state index contributed by atoms with van der Waals surface area (Å²) >= 11 is 0. The van der Waals surface area contributed by atoms with Gasteiger partial charge >= 0.3 is 5.97 Å². The van der Waals surface area contributed by atoms with Gasteiger partial charge in [0.15, 0.2) is 0 Å². The van der Waals surface area contributed by atoms with E-state index in [4.69, 9.17) is 4.74 Å². The van der Waals surface area contributed by atoms with Crippen molar-refractivity contribution in [3.63, 3.8) is 0 Å². The lowest BCUT2D eigenvalue weighted by Gasteiger charge is -2.31. The second-order valence-electron chi connectivity index (χ2n) is 7.15. The number of aromatic nitrogens is 3. The van der Waals surface area contributed by atoms with E-state index in [1.165, 1.54) is 11.0 Å². The van der Waals surface area contributed by atoms with Crippen LogP contribution in [0.3, 0.4) is 0 Å². The Hall–Kier alpha value is -2.22. The van der Waals surface area contributed by atoms with Crippen LogP contribution in [-0.2, 0) is 16.6 Å². The van der Waals surface area contributed by atoms with Gasteiger partial charge in [0.05, 0.1) is 12.0 Å². The fraction of sp³-hybridized carbons (Fsp3) is 0.667. The van der Waals surface area contributed by atoms with Gasteiger partial charge in [0.2, 0.25) is 5.82 Å². The second kappa shape index (κ2) is 7.57. The van der Waals surface area contributed by atoms with Crippen molar-refractivity contribution in [2.75, 3.05) is 39.3 Å². The minimum absolute atomic E-state index is 0.0386. The number of likely N-dealkylation sites (tertiary alicyclic amines) is 2. The zero-order valence-electron chi connectivity index (χ0n) is 15.6. The van der Waals surface area contributed by atoms with Crippen molar-refractivity contribution >= 4 is 11.9 Å². The highest BCUT2D eigenvalue weighted by Gasteiger charge is 2.54. The van der Waals surface area contributed by atoms with Crippen molar-refractivity contribution in [2.45, 2.75) is 19.8 Å². The standard InChI is InChI=1S/C18H27N5O3/c1-4-8-22-10-14-11-23(16(24)15-19-13-21(3)20-15)9-6-7-18(14,12-22)17(25)26-5-2/h4,13-14H,1,5-12H2,2-3H3/t14-,18+/m1/s1. The SMILES string of the molecule is C=CCN1C[C@@H]2CN(C(=O)c3ncn(C)n3)CCC[C@]2(C(=O)OCC)C1. The lowest BCUT2D eigenvalue weighted by Crippen LogP contribution is -2.43. The number of fused-ring (bicyclic) bond motifs is 1. The van der Waals surface area contributed by atoms with Gasteiger partial charge in [-0.1, -0.05) is 6.08 Å². The number of carbonyl (C=O) groups is 2. The van der Waals surface area contributed by atoms with E-state index in [1.54, 1.807) is 11.9 Å². The first-order valence-electron chi connectivity index (χ1n) is 9.15. The van der Waals surface area contributed by atoms with Crippen LogP contribution < -0.4 is 0 Å². The molecule has 2 saturated heterocycles. The average molecular weight is 361 g/mol. The van der Waals surface area contributed by atoms with Crippen LogP contribution >= 0.6 is 0 Å². The molecule has 1 aromatic heterocycles. The first-order valence-corrected chi connectivity index (χ1v) is 9.15. The number of aryl methyl sites for hydroxylation is 1. The van der Waals surface area contributed by atoms with Gasteiger partial charge in [-0.2, -0.15) is 0 Å². The number of nitrogens with zero attached hydrogens (tertiary/aromatic N) is 5. The summed E-state index contributed by atoms with van der Waals surface area (Å²) in [5.41, 5.74) is -0.550. The zero-order valence-corrected chi connectivity index (χ0v) is 15.6. The number of hydrogen-bond donors (Lipinski definition) is 0. The van der Waals surface area contributed by atoms with Crippen LogP contribution in [0.4, 0.5) is 0 Å². The van der Waals surface area contributed by atoms with Gasteiger partial charge < -0.3 is 9.64 Å².